The lowest BCUT2D eigenvalue weighted by Crippen LogP contribution is -1.99. The van der Waals surface area contributed by atoms with Crippen molar-refractivity contribution in [2.75, 3.05) is 14.2 Å². The van der Waals surface area contributed by atoms with E-state index in [0.717, 1.165) is 12.1 Å². The largest absolute Gasteiger partial charge is 0.497 e. The Morgan fingerprint density at radius 2 is 1.72 bits per heavy atom. The molecule has 146 valence electrons. The average molecular weight is 385 g/mol. The van der Waals surface area contributed by atoms with Gasteiger partial charge in [0.15, 0.2) is 5.78 Å². The lowest BCUT2D eigenvalue weighted by Gasteiger charge is -2.08. The van der Waals surface area contributed by atoms with E-state index in [4.69, 9.17) is 9.47 Å². The summed E-state index contributed by atoms with van der Waals surface area (Å²) < 4.78 is 12.9. The van der Waals surface area contributed by atoms with E-state index in [9.17, 15) is 4.79 Å². The van der Waals surface area contributed by atoms with Crippen LogP contribution in [0.3, 0.4) is 0 Å². The highest BCUT2D eigenvalue weighted by atomic mass is 16.5. The van der Waals surface area contributed by atoms with E-state index in [1.807, 2.05) is 12.1 Å². The first-order chi connectivity index (χ1) is 14.2. The fourth-order valence-corrected chi connectivity index (χ4v) is 3.78. The van der Waals surface area contributed by atoms with Crippen molar-refractivity contribution in [3.05, 3.63) is 77.9 Å². The van der Waals surface area contributed by atoms with E-state index < -0.39 is 0 Å². The highest BCUT2D eigenvalue weighted by molar-refractivity contribution is 6.10. The minimum Gasteiger partial charge on any atom is -0.497 e. The highest BCUT2D eigenvalue weighted by Crippen LogP contribution is 2.30. The van der Waals surface area contributed by atoms with E-state index in [2.05, 4.69) is 47.9 Å². The summed E-state index contributed by atoms with van der Waals surface area (Å²) in [4.78, 5) is 12.8. The van der Waals surface area contributed by atoms with Crippen LogP contribution in [0.25, 0.3) is 27.9 Å². The first-order valence-electron chi connectivity index (χ1n) is 9.61. The minimum atomic E-state index is -0.128. The van der Waals surface area contributed by atoms with Crippen molar-refractivity contribution in [1.82, 2.24) is 4.57 Å². The molecule has 3 aromatic carbocycles. The van der Waals surface area contributed by atoms with Crippen LogP contribution in [0.1, 0.15) is 22.8 Å². The number of ketones is 1. The number of rotatable bonds is 6. The number of hydrogen-bond donors (Lipinski definition) is 0. The van der Waals surface area contributed by atoms with Gasteiger partial charge in [-0.15, -0.1) is 0 Å². The third-order valence-electron chi connectivity index (χ3n) is 5.21. The monoisotopic (exact) mass is 385 g/mol. The molecule has 0 spiro atoms. The molecule has 1 aromatic heterocycles. The number of carbonyl (C=O) groups excluding carboxylic acids is 1. The van der Waals surface area contributed by atoms with E-state index in [1.165, 1.54) is 21.8 Å². The van der Waals surface area contributed by atoms with Gasteiger partial charge in [-0.2, -0.15) is 0 Å². The lowest BCUT2D eigenvalue weighted by molar-refractivity contribution is 0.104. The summed E-state index contributed by atoms with van der Waals surface area (Å²) in [5, 5.41) is 2.41. The number of hydrogen-bond acceptors (Lipinski definition) is 3. The summed E-state index contributed by atoms with van der Waals surface area (Å²) in [6, 6.07) is 19.9. The van der Waals surface area contributed by atoms with Gasteiger partial charge in [-0.1, -0.05) is 30.3 Å². The summed E-state index contributed by atoms with van der Waals surface area (Å²) in [5.74, 6) is 1.02. The van der Waals surface area contributed by atoms with Gasteiger partial charge >= 0.3 is 0 Å². The zero-order valence-electron chi connectivity index (χ0n) is 16.8. The van der Waals surface area contributed by atoms with Crippen LogP contribution in [0, 0.1) is 0 Å². The SMILES string of the molecule is CCn1c2ccccc2c2cc(/C=C/C(=O)c3cc(OC)ccc3OC)ccc21. The van der Waals surface area contributed by atoms with Gasteiger partial charge < -0.3 is 14.0 Å². The summed E-state index contributed by atoms with van der Waals surface area (Å²) in [6.07, 6.45) is 3.43. The van der Waals surface area contributed by atoms with Crippen LogP contribution in [-0.4, -0.2) is 24.6 Å². The Hall–Kier alpha value is -3.53. The number of aromatic nitrogens is 1. The number of methoxy groups -OCH3 is 2. The van der Waals surface area contributed by atoms with Crippen LogP contribution in [0.2, 0.25) is 0 Å². The topological polar surface area (TPSA) is 40.5 Å². The highest BCUT2D eigenvalue weighted by Gasteiger charge is 2.12. The van der Waals surface area contributed by atoms with Crippen molar-refractivity contribution in [2.45, 2.75) is 13.5 Å². The molecule has 29 heavy (non-hydrogen) atoms. The van der Waals surface area contributed by atoms with Gasteiger partial charge in [0.2, 0.25) is 0 Å². The standard InChI is InChI=1S/C25H23NO3/c1-4-26-22-8-6-5-7-19(22)20-15-17(9-12-23(20)26)10-13-24(27)21-16-18(28-2)11-14-25(21)29-3/h5-16H,4H2,1-3H3/b13-10+. The van der Waals surface area contributed by atoms with Crippen molar-refractivity contribution >= 4 is 33.7 Å². The molecule has 0 amide bonds. The fourth-order valence-electron chi connectivity index (χ4n) is 3.78. The summed E-state index contributed by atoms with van der Waals surface area (Å²) in [6.45, 7) is 3.06. The van der Waals surface area contributed by atoms with E-state index in [1.54, 1.807) is 38.5 Å². The molecule has 0 saturated heterocycles. The average Bonchev–Trinajstić information content (AvgIpc) is 3.10. The van der Waals surface area contributed by atoms with Gasteiger partial charge in [0.05, 0.1) is 19.8 Å². The number of ether oxygens (including phenoxy) is 2. The molecule has 0 N–H and O–H groups in total. The molecule has 1 heterocycles. The van der Waals surface area contributed by atoms with Gasteiger partial charge in [-0.05, 0) is 55.0 Å². The van der Waals surface area contributed by atoms with Crippen molar-refractivity contribution < 1.29 is 14.3 Å². The second-order valence-corrected chi connectivity index (χ2v) is 6.80. The van der Waals surface area contributed by atoms with Gasteiger partial charge in [-0.25, -0.2) is 0 Å². The Labute approximate surface area is 170 Å². The number of nitrogens with zero attached hydrogens (tertiary/aromatic N) is 1. The van der Waals surface area contributed by atoms with E-state index in [-0.39, 0.29) is 5.78 Å². The molecule has 0 aliphatic rings. The van der Waals surface area contributed by atoms with Crippen LogP contribution in [-0.2, 0) is 6.54 Å². The second kappa shape index (κ2) is 7.84. The quantitative estimate of drug-likeness (QED) is 0.314. The third-order valence-corrected chi connectivity index (χ3v) is 5.21. The normalized spacial score (nSPS) is 11.4. The third kappa shape index (κ3) is 3.38. The number of benzene rings is 3. The smallest absolute Gasteiger partial charge is 0.189 e. The molecule has 4 rings (SSSR count). The van der Waals surface area contributed by atoms with Gasteiger partial charge in [0, 0.05) is 28.4 Å². The van der Waals surface area contributed by atoms with Crippen molar-refractivity contribution in [3.8, 4) is 11.5 Å². The second-order valence-electron chi connectivity index (χ2n) is 6.80. The summed E-state index contributed by atoms with van der Waals surface area (Å²) >= 11 is 0. The van der Waals surface area contributed by atoms with Crippen molar-refractivity contribution in [1.29, 1.82) is 0 Å². The van der Waals surface area contributed by atoms with E-state index >= 15 is 0 Å². The Kier molecular flexibility index (Phi) is 5.09. The molecule has 0 unspecified atom stereocenters. The Morgan fingerprint density at radius 1 is 0.931 bits per heavy atom. The number of carbonyl (C=O) groups is 1. The molecule has 0 bridgehead atoms. The number of aryl methyl sites for hydroxylation is 1. The summed E-state index contributed by atoms with van der Waals surface area (Å²) in [5.41, 5.74) is 3.88. The first-order valence-corrected chi connectivity index (χ1v) is 9.61. The van der Waals surface area contributed by atoms with Crippen LogP contribution in [0.15, 0.2) is 66.7 Å². The molecular formula is C25H23NO3. The Bertz CT molecular complexity index is 1230. The zero-order valence-corrected chi connectivity index (χ0v) is 16.8. The molecule has 0 radical (unpaired) electrons. The molecule has 0 fully saturated rings. The fraction of sp³-hybridized carbons (Fsp3) is 0.160. The molecule has 4 heteroatoms. The van der Waals surface area contributed by atoms with E-state index in [0.29, 0.717) is 17.1 Å². The molecule has 4 nitrogen and oxygen atoms in total. The maximum absolute atomic E-state index is 12.8. The van der Waals surface area contributed by atoms with Crippen molar-refractivity contribution in [2.24, 2.45) is 0 Å². The predicted molar refractivity (Wildman–Crippen MR) is 118 cm³/mol. The molecule has 4 aromatic rings. The van der Waals surface area contributed by atoms with Crippen LogP contribution >= 0.6 is 0 Å². The van der Waals surface area contributed by atoms with Crippen molar-refractivity contribution in [3.63, 3.8) is 0 Å². The van der Waals surface area contributed by atoms with Crippen LogP contribution in [0.5, 0.6) is 11.5 Å². The predicted octanol–water partition coefficient (Wildman–Crippen LogP) is 5.73. The zero-order chi connectivity index (χ0) is 20.4. The Balaban J connectivity index is 1.72. The lowest BCUT2D eigenvalue weighted by atomic mass is 10.1. The van der Waals surface area contributed by atoms with Crippen LogP contribution in [0.4, 0.5) is 0 Å². The molecule has 0 aliphatic heterocycles. The number of allylic oxidation sites excluding steroid dienone is 1. The van der Waals surface area contributed by atoms with Gasteiger partial charge in [-0.3, -0.25) is 4.79 Å². The molecule has 0 saturated carbocycles. The Morgan fingerprint density at radius 3 is 2.48 bits per heavy atom. The summed E-state index contributed by atoms with van der Waals surface area (Å²) in [7, 11) is 3.13. The number of fused-ring (bicyclic) bond motifs is 3. The number of para-hydroxylation sites is 1. The first kappa shape index (κ1) is 18.8. The maximum atomic E-state index is 12.8. The minimum absolute atomic E-state index is 0.128. The molecular weight excluding hydrogens is 362 g/mol. The molecule has 0 atom stereocenters. The van der Waals surface area contributed by atoms with Crippen LogP contribution < -0.4 is 9.47 Å². The van der Waals surface area contributed by atoms with Gasteiger partial charge in [0.25, 0.3) is 0 Å². The maximum Gasteiger partial charge on any atom is 0.189 e. The molecule has 0 aliphatic carbocycles. The van der Waals surface area contributed by atoms with Gasteiger partial charge in [0.1, 0.15) is 11.5 Å².